The molecule has 1 heterocycles. The van der Waals surface area contributed by atoms with Gasteiger partial charge in [-0.25, -0.2) is 0 Å². The Hall–Kier alpha value is -2.33. The van der Waals surface area contributed by atoms with Crippen molar-refractivity contribution >= 4 is 11.6 Å². The van der Waals surface area contributed by atoms with Crippen LogP contribution < -0.4 is 4.90 Å². The second-order valence-electron chi connectivity index (χ2n) is 6.80. The Kier molecular flexibility index (Phi) is 5.39. The molecule has 25 heavy (non-hydrogen) atoms. The molecule has 1 aliphatic rings. The number of nitrogens with zero attached hydrogens (tertiary/aromatic N) is 2. The van der Waals surface area contributed by atoms with Crippen LogP contribution in [0.3, 0.4) is 0 Å². The third-order valence-corrected chi connectivity index (χ3v) is 4.96. The Labute approximate surface area is 149 Å². The van der Waals surface area contributed by atoms with E-state index in [4.69, 9.17) is 0 Å². The Morgan fingerprint density at radius 3 is 2.76 bits per heavy atom. The molecule has 132 valence electrons. The molecular weight excluding hydrogens is 312 g/mol. The summed E-state index contributed by atoms with van der Waals surface area (Å²) in [6.07, 6.45) is 2.04. The van der Waals surface area contributed by atoms with Gasteiger partial charge in [0.2, 0.25) is 5.91 Å². The molecule has 0 bridgehead atoms. The second-order valence-corrected chi connectivity index (χ2v) is 6.80. The quantitative estimate of drug-likeness (QED) is 0.912. The van der Waals surface area contributed by atoms with E-state index in [-0.39, 0.29) is 18.6 Å². The van der Waals surface area contributed by atoms with Gasteiger partial charge in [0.25, 0.3) is 0 Å². The van der Waals surface area contributed by atoms with Gasteiger partial charge in [0.1, 0.15) is 0 Å². The van der Waals surface area contributed by atoms with E-state index in [1.165, 1.54) is 5.56 Å². The smallest absolute Gasteiger partial charge is 0.223 e. The SMILES string of the molecule is CN(C)c1cccc(CCC(=O)N2CCc3ccccc3C2CO)c1. The Bertz CT molecular complexity index is 742. The fraction of sp³-hybridized carbons (Fsp3) is 0.381. The number of aliphatic hydroxyl groups excluding tert-OH is 1. The minimum absolute atomic E-state index is 0.0289. The molecule has 0 saturated heterocycles. The van der Waals surface area contributed by atoms with Gasteiger partial charge in [-0.15, -0.1) is 0 Å². The summed E-state index contributed by atoms with van der Waals surface area (Å²) in [5.74, 6) is 0.115. The van der Waals surface area contributed by atoms with E-state index in [2.05, 4.69) is 29.2 Å². The lowest BCUT2D eigenvalue weighted by molar-refractivity contribution is -0.135. The number of carbonyl (C=O) groups is 1. The fourth-order valence-corrected chi connectivity index (χ4v) is 3.53. The highest BCUT2D eigenvalue weighted by Gasteiger charge is 2.29. The van der Waals surface area contributed by atoms with E-state index in [0.717, 1.165) is 29.7 Å². The van der Waals surface area contributed by atoms with Crippen LogP contribution in [0.2, 0.25) is 0 Å². The van der Waals surface area contributed by atoms with Gasteiger partial charge in [-0.3, -0.25) is 4.79 Å². The van der Waals surface area contributed by atoms with Crippen LogP contribution in [0.5, 0.6) is 0 Å². The predicted molar refractivity (Wildman–Crippen MR) is 101 cm³/mol. The number of carbonyl (C=O) groups excluding carboxylic acids is 1. The molecule has 2 aromatic carbocycles. The molecule has 1 N–H and O–H groups in total. The van der Waals surface area contributed by atoms with E-state index >= 15 is 0 Å². The Morgan fingerprint density at radius 1 is 1.20 bits per heavy atom. The van der Waals surface area contributed by atoms with Crippen LogP contribution in [0.4, 0.5) is 5.69 Å². The van der Waals surface area contributed by atoms with Gasteiger partial charge in [-0.1, -0.05) is 36.4 Å². The summed E-state index contributed by atoms with van der Waals surface area (Å²) < 4.78 is 0. The summed E-state index contributed by atoms with van der Waals surface area (Å²) in [6, 6.07) is 16.2. The molecule has 0 aliphatic carbocycles. The van der Waals surface area contributed by atoms with Crippen LogP contribution in [-0.2, 0) is 17.6 Å². The first-order chi connectivity index (χ1) is 12.1. The molecule has 0 aromatic heterocycles. The van der Waals surface area contributed by atoms with Gasteiger partial charge < -0.3 is 14.9 Å². The highest BCUT2D eigenvalue weighted by molar-refractivity contribution is 5.77. The van der Waals surface area contributed by atoms with Crippen molar-refractivity contribution in [1.82, 2.24) is 4.90 Å². The summed E-state index contributed by atoms with van der Waals surface area (Å²) >= 11 is 0. The van der Waals surface area contributed by atoms with Gasteiger partial charge >= 0.3 is 0 Å². The van der Waals surface area contributed by atoms with E-state index in [1.54, 1.807) is 0 Å². The van der Waals surface area contributed by atoms with Crippen LogP contribution in [0.1, 0.15) is 29.2 Å². The first kappa shape index (κ1) is 17.5. The third-order valence-electron chi connectivity index (χ3n) is 4.96. The largest absolute Gasteiger partial charge is 0.394 e. The van der Waals surface area contributed by atoms with E-state index in [1.807, 2.05) is 43.3 Å². The summed E-state index contributed by atoms with van der Waals surface area (Å²) in [5, 5.41) is 9.84. The van der Waals surface area contributed by atoms with Crippen molar-refractivity contribution < 1.29 is 9.90 Å². The van der Waals surface area contributed by atoms with Crippen LogP contribution in [-0.4, -0.2) is 43.2 Å². The van der Waals surface area contributed by atoms with Crippen LogP contribution in [0.15, 0.2) is 48.5 Å². The van der Waals surface area contributed by atoms with E-state index in [0.29, 0.717) is 13.0 Å². The average molecular weight is 338 g/mol. The molecule has 4 nitrogen and oxygen atoms in total. The summed E-state index contributed by atoms with van der Waals surface area (Å²) in [7, 11) is 4.03. The zero-order valence-corrected chi connectivity index (χ0v) is 15.0. The monoisotopic (exact) mass is 338 g/mol. The van der Waals surface area contributed by atoms with Gasteiger partial charge in [0.05, 0.1) is 12.6 Å². The third kappa shape index (κ3) is 3.85. The van der Waals surface area contributed by atoms with E-state index in [9.17, 15) is 9.90 Å². The maximum atomic E-state index is 12.8. The van der Waals surface area contributed by atoms with Gasteiger partial charge in [0, 0.05) is 32.7 Å². The lowest BCUT2D eigenvalue weighted by Gasteiger charge is -2.36. The van der Waals surface area contributed by atoms with Crippen LogP contribution in [0.25, 0.3) is 0 Å². The van der Waals surface area contributed by atoms with Crippen LogP contribution in [0, 0.1) is 0 Å². The minimum atomic E-state index is -0.217. The molecule has 4 heteroatoms. The van der Waals surface area contributed by atoms with Crippen molar-refractivity contribution in [2.75, 3.05) is 32.1 Å². The number of amides is 1. The van der Waals surface area contributed by atoms with Crippen molar-refractivity contribution in [2.24, 2.45) is 0 Å². The molecule has 0 saturated carbocycles. The number of hydrogen-bond donors (Lipinski definition) is 1. The highest BCUT2D eigenvalue weighted by atomic mass is 16.3. The molecule has 0 radical (unpaired) electrons. The number of hydrogen-bond acceptors (Lipinski definition) is 3. The molecule has 1 amide bonds. The number of rotatable bonds is 5. The molecule has 2 aromatic rings. The number of benzene rings is 2. The number of aliphatic hydroxyl groups is 1. The Morgan fingerprint density at radius 2 is 2.00 bits per heavy atom. The van der Waals surface area contributed by atoms with Crippen LogP contribution >= 0.6 is 0 Å². The summed E-state index contributed by atoms with van der Waals surface area (Å²) in [5.41, 5.74) is 4.63. The van der Waals surface area contributed by atoms with Crippen molar-refractivity contribution in [3.05, 3.63) is 65.2 Å². The summed E-state index contributed by atoms with van der Waals surface area (Å²) in [4.78, 5) is 16.7. The molecule has 0 spiro atoms. The molecule has 1 unspecified atom stereocenters. The van der Waals surface area contributed by atoms with Gasteiger partial charge in [-0.2, -0.15) is 0 Å². The van der Waals surface area contributed by atoms with Crippen molar-refractivity contribution in [2.45, 2.75) is 25.3 Å². The molecular formula is C21H26N2O2. The minimum Gasteiger partial charge on any atom is -0.394 e. The number of anilines is 1. The van der Waals surface area contributed by atoms with Crippen molar-refractivity contribution in [1.29, 1.82) is 0 Å². The average Bonchev–Trinajstić information content (AvgIpc) is 2.65. The maximum Gasteiger partial charge on any atom is 0.223 e. The van der Waals surface area contributed by atoms with Gasteiger partial charge in [-0.05, 0) is 41.7 Å². The topological polar surface area (TPSA) is 43.8 Å². The molecule has 3 rings (SSSR count). The fourth-order valence-electron chi connectivity index (χ4n) is 3.53. The summed E-state index contributed by atoms with van der Waals surface area (Å²) in [6.45, 7) is 0.650. The van der Waals surface area contributed by atoms with Crippen molar-refractivity contribution in [3.8, 4) is 0 Å². The normalized spacial score (nSPS) is 16.4. The second kappa shape index (κ2) is 7.70. The van der Waals surface area contributed by atoms with Crippen molar-refractivity contribution in [3.63, 3.8) is 0 Å². The molecule has 1 atom stereocenters. The lowest BCUT2D eigenvalue weighted by atomic mass is 9.92. The highest BCUT2D eigenvalue weighted by Crippen LogP contribution is 2.30. The number of fused-ring (bicyclic) bond motifs is 1. The maximum absolute atomic E-state index is 12.8. The zero-order valence-electron chi connectivity index (χ0n) is 15.0. The predicted octanol–water partition coefficient (Wildman–Crippen LogP) is 2.80. The van der Waals surface area contributed by atoms with Gasteiger partial charge in [0.15, 0.2) is 0 Å². The van der Waals surface area contributed by atoms with E-state index < -0.39 is 0 Å². The standard InChI is InChI=1S/C21H26N2O2/c1-22(2)18-8-5-6-16(14-18)10-11-21(25)23-13-12-17-7-3-4-9-19(17)20(23)15-24/h3-9,14,20,24H,10-13,15H2,1-2H3. The zero-order chi connectivity index (χ0) is 17.8. The first-order valence-corrected chi connectivity index (χ1v) is 8.84. The molecule has 1 aliphatic heterocycles. The number of aryl methyl sites for hydroxylation is 1. The first-order valence-electron chi connectivity index (χ1n) is 8.84. The lowest BCUT2D eigenvalue weighted by Crippen LogP contribution is -2.41. The molecule has 0 fully saturated rings. The Balaban J connectivity index is 1.68.